The van der Waals surface area contributed by atoms with Crippen LogP contribution in [-0.2, 0) is 9.47 Å². The van der Waals surface area contributed by atoms with Crippen molar-refractivity contribution in [2.75, 3.05) is 13.2 Å². The van der Waals surface area contributed by atoms with Gasteiger partial charge in [0, 0.05) is 0 Å². The standard InChI is InChI=1S/C14H20O2/c1-6-11-15-13(8-3)14(9-4,10-5)16-12-7-2/h6-10,13H,1-5,11-12H2. The van der Waals surface area contributed by atoms with Gasteiger partial charge in [0.05, 0.1) is 13.2 Å². The summed E-state index contributed by atoms with van der Waals surface area (Å²) in [5.74, 6) is 0. The molecule has 0 radical (unpaired) electrons. The van der Waals surface area contributed by atoms with Crippen LogP contribution in [-0.4, -0.2) is 24.9 Å². The van der Waals surface area contributed by atoms with Crippen molar-refractivity contribution in [3.05, 3.63) is 63.3 Å². The summed E-state index contributed by atoms with van der Waals surface area (Å²) in [6.07, 6.45) is 7.95. The van der Waals surface area contributed by atoms with Crippen molar-refractivity contribution in [1.82, 2.24) is 0 Å². The average molecular weight is 220 g/mol. The second kappa shape index (κ2) is 7.85. The van der Waals surface area contributed by atoms with Crippen molar-refractivity contribution in [3.8, 4) is 0 Å². The summed E-state index contributed by atoms with van der Waals surface area (Å²) in [5, 5.41) is 0. The Kier molecular flexibility index (Phi) is 7.18. The Labute approximate surface area is 98.3 Å². The molecule has 2 nitrogen and oxygen atoms in total. The van der Waals surface area contributed by atoms with Gasteiger partial charge in [0.1, 0.15) is 11.7 Å². The quantitative estimate of drug-likeness (QED) is 0.527. The van der Waals surface area contributed by atoms with Crippen LogP contribution in [0.4, 0.5) is 0 Å². The topological polar surface area (TPSA) is 18.5 Å². The van der Waals surface area contributed by atoms with Crippen LogP contribution in [0, 0.1) is 0 Å². The molecule has 0 N–H and O–H groups in total. The highest BCUT2D eigenvalue weighted by Crippen LogP contribution is 2.23. The Bertz CT molecular complexity index is 258. The second-order valence-electron chi connectivity index (χ2n) is 3.14. The molecule has 0 saturated carbocycles. The molecule has 2 heteroatoms. The predicted octanol–water partition coefficient (Wildman–Crippen LogP) is 3.06. The van der Waals surface area contributed by atoms with Gasteiger partial charge in [0.15, 0.2) is 0 Å². The van der Waals surface area contributed by atoms with Gasteiger partial charge < -0.3 is 9.47 Å². The Morgan fingerprint density at radius 1 is 0.938 bits per heavy atom. The van der Waals surface area contributed by atoms with Crippen LogP contribution < -0.4 is 0 Å². The van der Waals surface area contributed by atoms with Crippen LogP contribution in [0.2, 0.25) is 0 Å². The van der Waals surface area contributed by atoms with Crippen molar-refractivity contribution < 1.29 is 9.47 Å². The van der Waals surface area contributed by atoms with Crippen molar-refractivity contribution in [2.24, 2.45) is 0 Å². The van der Waals surface area contributed by atoms with Gasteiger partial charge in [-0.3, -0.25) is 0 Å². The highest BCUT2D eigenvalue weighted by Gasteiger charge is 2.32. The zero-order chi connectivity index (χ0) is 12.4. The highest BCUT2D eigenvalue weighted by molar-refractivity contribution is 5.19. The highest BCUT2D eigenvalue weighted by atomic mass is 16.5. The van der Waals surface area contributed by atoms with Gasteiger partial charge in [-0.25, -0.2) is 0 Å². The number of ether oxygens (including phenoxy) is 2. The zero-order valence-corrected chi connectivity index (χ0v) is 9.73. The minimum atomic E-state index is -0.779. The SMILES string of the molecule is C=CCOC(C=C)C(C=C)(C=C)OCC=C. The van der Waals surface area contributed by atoms with E-state index < -0.39 is 5.60 Å². The molecule has 0 fully saturated rings. The van der Waals surface area contributed by atoms with Crippen LogP contribution in [0.5, 0.6) is 0 Å². The zero-order valence-electron chi connectivity index (χ0n) is 9.73. The average Bonchev–Trinajstić information content (AvgIpc) is 2.34. The molecule has 0 aliphatic heterocycles. The summed E-state index contributed by atoms with van der Waals surface area (Å²) >= 11 is 0. The lowest BCUT2D eigenvalue weighted by Crippen LogP contribution is -2.42. The van der Waals surface area contributed by atoms with Crippen molar-refractivity contribution in [3.63, 3.8) is 0 Å². The third-order valence-corrected chi connectivity index (χ3v) is 2.14. The van der Waals surface area contributed by atoms with E-state index in [1.165, 1.54) is 0 Å². The first-order chi connectivity index (χ1) is 7.70. The predicted molar refractivity (Wildman–Crippen MR) is 69.4 cm³/mol. The number of hydrogen-bond acceptors (Lipinski definition) is 2. The molecule has 0 aliphatic rings. The summed E-state index contributed by atoms with van der Waals surface area (Å²) in [7, 11) is 0. The van der Waals surface area contributed by atoms with Gasteiger partial charge in [0.2, 0.25) is 0 Å². The molecule has 0 rings (SSSR count). The first kappa shape index (κ1) is 14.6. The van der Waals surface area contributed by atoms with E-state index >= 15 is 0 Å². The molecule has 0 aliphatic carbocycles. The monoisotopic (exact) mass is 220 g/mol. The van der Waals surface area contributed by atoms with E-state index in [1.807, 2.05) is 0 Å². The van der Waals surface area contributed by atoms with Crippen molar-refractivity contribution in [2.45, 2.75) is 11.7 Å². The Balaban J connectivity index is 4.85. The van der Waals surface area contributed by atoms with Gasteiger partial charge in [-0.15, -0.1) is 19.7 Å². The van der Waals surface area contributed by atoms with Crippen LogP contribution in [0.15, 0.2) is 63.3 Å². The maximum absolute atomic E-state index is 5.64. The van der Waals surface area contributed by atoms with E-state index in [4.69, 9.17) is 9.47 Å². The van der Waals surface area contributed by atoms with Crippen LogP contribution in [0.25, 0.3) is 0 Å². The summed E-state index contributed by atoms with van der Waals surface area (Å²) in [6.45, 7) is 19.2. The van der Waals surface area contributed by atoms with E-state index in [1.54, 1.807) is 30.4 Å². The van der Waals surface area contributed by atoms with Gasteiger partial charge in [-0.05, 0) is 0 Å². The molecule has 1 atom stereocenters. The molecular weight excluding hydrogens is 200 g/mol. The lowest BCUT2D eigenvalue weighted by Gasteiger charge is -2.33. The molecule has 1 unspecified atom stereocenters. The molecule has 0 saturated heterocycles. The molecular formula is C14H20O2. The second-order valence-corrected chi connectivity index (χ2v) is 3.14. The van der Waals surface area contributed by atoms with Crippen LogP contribution in [0.3, 0.4) is 0 Å². The van der Waals surface area contributed by atoms with Gasteiger partial charge >= 0.3 is 0 Å². The molecule has 88 valence electrons. The lowest BCUT2D eigenvalue weighted by atomic mass is 9.96. The Morgan fingerprint density at radius 2 is 1.50 bits per heavy atom. The first-order valence-electron chi connectivity index (χ1n) is 5.07. The fourth-order valence-electron chi connectivity index (χ4n) is 1.27. The molecule has 0 aromatic rings. The molecule has 0 bridgehead atoms. The smallest absolute Gasteiger partial charge is 0.134 e. The Morgan fingerprint density at radius 3 is 1.88 bits per heavy atom. The van der Waals surface area contributed by atoms with Crippen LogP contribution in [0.1, 0.15) is 0 Å². The van der Waals surface area contributed by atoms with Gasteiger partial charge in [-0.1, -0.05) is 43.5 Å². The van der Waals surface area contributed by atoms with Crippen LogP contribution >= 0.6 is 0 Å². The summed E-state index contributed by atoms with van der Waals surface area (Å²) in [6, 6.07) is 0. The maximum Gasteiger partial charge on any atom is 0.134 e. The third kappa shape index (κ3) is 3.65. The summed E-state index contributed by atoms with van der Waals surface area (Å²) in [5.41, 5.74) is -0.779. The number of hydrogen-bond donors (Lipinski definition) is 0. The van der Waals surface area contributed by atoms with Crippen molar-refractivity contribution in [1.29, 1.82) is 0 Å². The molecule has 0 heterocycles. The lowest BCUT2D eigenvalue weighted by molar-refractivity contribution is -0.0568. The van der Waals surface area contributed by atoms with Gasteiger partial charge in [0.25, 0.3) is 0 Å². The van der Waals surface area contributed by atoms with E-state index in [0.29, 0.717) is 13.2 Å². The minimum Gasteiger partial charge on any atom is -0.366 e. The fraction of sp³-hybridized carbons (Fsp3) is 0.286. The maximum atomic E-state index is 5.64. The molecule has 0 aromatic heterocycles. The third-order valence-electron chi connectivity index (χ3n) is 2.14. The number of rotatable bonds is 10. The first-order valence-corrected chi connectivity index (χ1v) is 5.07. The summed E-state index contributed by atoms with van der Waals surface area (Å²) < 4.78 is 11.2. The Hall–Kier alpha value is -1.38. The van der Waals surface area contributed by atoms with E-state index in [-0.39, 0.29) is 6.10 Å². The molecule has 0 amide bonds. The fourth-order valence-corrected chi connectivity index (χ4v) is 1.27. The molecule has 0 aromatic carbocycles. The van der Waals surface area contributed by atoms with E-state index in [2.05, 4.69) is 32.9 Å². The summed E-state index contributed by atoms with van der Waals surface area (Å²) in [4.78, 5) is 0. The minimum absolute atomic E-state index is 0.347. The van der Waals surface area contributed by atoms with E-state index in [0.717, 1.165) is 0 Å². The van der Waals surface area contributed by atoms with Crippen molar-refractivity contribution >= 4 is 0 Å². The molecule has 16 heavy (non-hydrogen) atoms. The largest absolute Gasteiger partial charge is 0.366 e. The van der Waals surface area contributed by atoms with E-state index in [9.17, 15) is 0 Å². The normalized spacial score (nSPS) is 12.5. The molecule has 0 spiro atoms. The van der Waals surface area contributed by atoms with Gasteiger partial charge in [-0.2, -0.15) is 0 Å².